The van der Waals surface area contributed by atoms with Crippen molar-refractivity contribution in [1.29, 1.82) is 0 Å². The van der Waals surface area contributed by atoms with Crippen LogP contribution in [-0.4, -0.2) is 6.04 Å². The van der Waals surface area contributed by atoms with Crippen LogP contribution < -0.4 is 5.32 Å². The van der Waals surface area contributed by atoms with Gasteiger partial charge >= 0.3 is 0 Å². The smallest absolute Gasteiger partial charge is 0.0208 e. The minimum Gasteiger partial charge on any atom is -0.309 e. The summed E-state index contributed by atoms with van der Waals surface area (Å²) in [5.74, 6) is 1.67. The Hall–Kier alpha value is -1.08. The Morgan fingerprint density at radius 3 is 2.60 bits per heavy atom. The lowest BCUT2D eigenvalue weighted by atomic mass is 10.0. The summed E-state index contributed by atoms with van der Waals surface area (Å²) in [7, 11) is 0. The van der Waals surface area contributed by atoms with Gasteiger partial charge < -0.3 is 5.32 Å². The summed E-state index contributed by atoms with van der Waals surface area (Å²) in [5.41, 5.74) is 1.39. The Morgan fingerprint density at radius 1 is 1.07 bits per heavy atom. The highest BCUT2D eigenvalue weighted by atomic mass is 14.9. The molecule has 1 heteroatoms. The van der Waals surface area contributed by atoms with Crippen molar-refractivity contribution >= 4 is 0 Å². The van der Waals surface area contributed by atoms with E-state index in [1.165, 1.54) is 18.4 Å². The molecule has 0 radical (unpaired) electrons. The Kier molecular flexibility index (Phi) is 2.34. The molecule has 15 heavy (non-hydrogen) atoms. The van der Waals surface area contributed by atoms with E-state index in [1.807, 2.05) is 0 Å². The fourth-order valence-corrected chi connectivity index (χ4v) is 2.86. The Morgan fingerprint density at radius 2 is 1.93 bits per heavy atom. The SMILES string of the molecule is C1=CC2CC1CC2NCc1ccccc1. The van der Waals surface area contributed by atoms with Crippen LogP contribution in [0, 0.1) is 11.8 Å². The van der Waals surface area contributed by atoms with E-state index in [1.54, 1.807) is 0 Å². The molecule has 1 aromatic carbocycles. The molecule has 2 bridgehead atoms. The number of allylic oxidation sites excluding steroid dienone is 1. The summed E-state index contributed by atoms with van der Waals surface area (Å²) in [4.78, 5) is 0. The lowest BCUT2D eigenvalue weighted by Gasteiger charge is -2.19. The molecule has 78 valence electrons. The van der Waals surface area contributed by atoms with Crippen molar-refractivity contribution in [2.75, 3.05) is 0 Å². The number of hydrogen-bond donors (Lipinski definition) is 1. The molecule has 0 spiro atoms. The second-order valence-electron chi connectivity index (χ2n) is 4.75. The molecule has 3 atom stereocenters. The fourth-order valence-electron chi connectivity index (χ4n) is 2.86. The van der Waals surface area contributed by atoms with Crippen LogP contribution in [-0.2, 0) is 6.54 Å². The first-order valence-electron chi connectivity index (χ1n) is 5.87. The van der Waals surface area contributed by atoms with Crippen LogP contribution in [0.4, 0.5) is 0 Å². The molecule has 0 heterocycles. The van der Waals surface area contributed by atoms with E-state index in [-0.39, 0.29) is 0 Å². The highest BCUT2D eigenvalue weighted by molar-refractivity contribution is 5.16. The molecular weight excluding hydrogens is 182 g/mol. The molecule has 3 unspecified atom stereocenters. The monoisotopic (exact) mass is 199 g/mol. The second kappa shape index (κ2) is 3.82. The molecule has 1 saturated carbocycles. The van der Waals surface area contributed by atoms with Crippen molar-refractivity contribution in [1.82, 2.24) is 5.32 Å². The van der Waals surface area contributed by atoms with Crippen molar-refractivity contribution in [3.8, 4) is 0 Å². The summed E-state index contributed by atoms with van der Waals surface area (Å²) in [5, 5.41) is 3.68. The zero-order valence-corrected chi connectivity index (χ0v) is 8.89. The number of fused-ring (bicyclic) bond motifs is 2. The summed E-state index contributed by atoms with van der Waals surface area (Å²) in [6, 6.07) is 11.4. The Balaban J connectivity index is 1.57. The standard InChI is InChI=1S/C14H17N/c1-2-4-11(5-3-1)10-15-14-9-12-6-7-13(14)8-12/h1-7,12-15H,8-10H2. The second-order valence-corrected chi connectivity index (χ2v) is 4.75. The molecule has 1 aromatic rings. The maximum atomic E-state index is 3.68. The van der Waals surface area contributed by atoms with Gasteiger partial charge in [-0.2, -0.15) is 0 Å². The number of nitrogens with one attached hydrogen (secondary N) is 1. The number of benzene rings is 1. The largest absolute Gasteiger partial charge is 0.309 e. The molecule has 0 amide bonds. The number of hydrogen-bond acceptors (Lipinski definition) is 1. The molecule has 1 N–H and O–H groups in total. The predicted molar refractivity (Wildman–Crippen MR) is 62.4 cm³/mol. The van der Waals surface area contributed by atoms with Gasteiger partial charge in [0, 0.05) is 12.6 Å². The fraction of sp³-hybridized carbons (Fsp3) is 0.429. The van der Waals surface area contributed by atoms with Crippen molar-refractivity contribution in [2.45, 2.75) is 25.4 Å². The average Bonchev–Trinajstić information content (AvgIpc) is 2.89. The highest BCUT2D eigenvalue weighted by Gasteiger charge is 2.34. The zero-order chi connectivity index (χ0) is 10.1. The third-order valence-electron chi connectivity index (χ3n) is 3.69. The van der Waals surface area contributed by atoms with E-state index in [4.69, 9.17) is 0 Å². The molecular formula is C14H17N. The first kappa shape index (κ1) is 9.17. The third-order valence-corrected chi connectivity index (χ3v) is 3.69. The molecule has 2 aliphatic rings. The topological polar surface area (TPSA) is 12.0 Å². The van der Waals surface area contributed by atoms with Gasteiger partial charge in [-0.05, 0) is 30.2 Å². The molecule has 3 rings (SSSR count). The lowest BCUT2D eigenvalue weighted by molar-refractivity contribution is 0.449. The van der Waals surface area contributed by atoms with E-state index >= 15 is 0 Å². The molecule has 1 fully saturated rings. The van der Waals surface area contributed by atoms with Crippen molar-refractivity contribution < 1.29 is 0 Å². The van der Waals surface area contributed by atoms with Crippen LogP contribution in [0.1, 0.15) is 18.4 Å². The van der Waals surface area contributed by atoms with Gasteiger partial charge in [-0.15, -0.1) is 0 Å². The van der Waals surface area contributed by atoms with Crippen molar-refractivity contribution in [3.63, 3.8) is 0 Å². The van der Waals surface area contributed by atoms with Crippen LogP contribution in [0.3, 0.4) is 0 Å². The van der Waals surface area contributed by atoms with Gasteiger partial charge in [0.15, 0.2) is 0 Å². The summed E-state index contributed by atoms with van der Waals surface area (Å²) < 4.78 is 0. The first-order valence-corrected chi connectivity index (χ1v) is 5.87. The molecule has 0 aromatic heterocycles. The van der Waals surface area contributed by atoms with Gasteiger partial charge in [-0.25, -0.2) is 0 Å². The molecule has 0 aliphatic heterocycles. The van der Waals surface area contributed by atoms with Crippen molar-refractivity contribution in [3.05, 3.63) is 48.0 Å². The van der Waals surface area contributed by atoms with E-state index in [0.29, 0.717) is 0 Å². The van der Waals surface area contributed by atoms with E-state index in [0.717, 1.165) is 24.4 Å². The quantitative estimate of drug-likeness (QED) is 0.738. The van der Waals surface area contributed by atoms with Gasteiger partial charge in [-0.1, -0.05) is 42.5 Å². The van der Waals surface area contributed by atoms with E-state index in [9.17, 15) is 0 Å². The summed E-state index contributed by atoms with van der Waals surface area (Å²) in [6.45, 7) is 1.02. The van der Waals surface area contributed by atoms with Crippen LogP contribution in [0.2, 0.25) is 0 Å². The van der Waals surface area contributed by atoms with Crippen LogP contribution in [0.15, 0.2) is 42.5 Å². The van der Waals surface area contributed by atoms with Crippen LogP contribution >= 0.6 is 0 Å². The summed E-state index contributed by atoms with van der Waals surface area (Å²) >= 11 is 0. The van der Waals surface area contributed by atoms with E-state index in [2.05, 4.69) is 47.8 Å². The first-order chi connectivity index (χ1) is 7.42. The Bertz CT molecular complexity index is 355. The van der Waals surface area contributed by atoms with Gasteiger partial charge in [0.05, 0.1) is 0 Å². The summed E-state index contributed by atoms with van der Waals surface area (Å²) in [6.07, 6.45) is 7.52. The Labute approximate surface area is 91.2 Å². The molecule has 1 nitrogen and oxygen atoms in total. The molecule has 0 saturated heterocycles. The van der Waals surface area contributed by atoms with E-state index < -0.39 is 0 Å². The average molecular weight is 199 g/mol. The minimum atomic E-state index is 0.722. The third kappa shape index (κ3) is 1.84. The minimum absolute atomic E-state index is 0.722. The normalized spacial score (nSPS) is 32.4. The zero-order valence-electron chi connectivity index (χ0n) is 8.89. The lowest BCUT2D eigenvalue weighted by Crippen LogP contribution is -2.31. The van der Waals surface area contributed by atoms with Crippen LogP contribution in [0.25, 0.3) is 0 Å². The maximum absolute atomic E-state index is 3.68. The molecule has 2 aliphatic carbocycles. The van der Waals surface area contributed by atoms with Crippen LogP contribution in [0.5, 0.6) is 0 Å². The van der Waals surface area contributed by atoms with Gasteiger partial charge in [0.1, 0.15) is 0 Å². The van der Waals surface area contributed by atoms with Gasteiger partial charge in [-0.3, -0.25) is 0 Å². The highest BCUT2D eigenvalue weighted by Crippen LogP contribution is 2.38. The predicted octanol–water partition coefficient (Wildman–Crippen LogP) is 2.74. The van der Waals surface area contributed by atoms with Gasteiger partial charge in [0.25, 0.3) is 0 Å². The number of rotatable bonds is 3. The van der Waals surface area contributed by atoms with Gasteiger partial charge in [0.2, 0.25) is 0 Å². The van der Waals surface area contributed by atoms with Crippen molar-refractivity contribution in [2.24, 2.45) is 11.8 Å². The maximum Gasteiger partial charge on any atom is 0.0208 e.